The molecule has 13 nitrogen and oxygen atoms in total. The van der Waals surface area contributed by atoms with Gasteiger partial charge in [0.2, 0.25) is 5.82 Å². The zero-order valence-corrected chi connectivity index (χ0v) is 22.3. The molecule has 0 spiro atoms. The Hall–Kier alpha value is -2.94. The number of esters is 1. The number of hydrogen-bond acceptors (Lipinski definition) is 10. The van der Waals surface area contributed by atoms with Crippen LogP contribution in [0.3, 0.4) is 0 Å². The van der Waals surface area contributed by atoms with Crippen molar-refractivity contribution in [2.75, 3.05) is 6.67 Å². The molecule has 3 rings (SSSR count). The molecule has 2 unspecified atom stereocenters. The molecule has 1 aliphatic rings. The number of rotatable bonds is 11. The lowest BCUT2D eigenvalue weighted by atomic mass is 9.93. The molecule has 1 aromatic heterocycles. The molecular weight excluding hydrogens is 547 g/mol. The van der Waals surface area contributed by atoms with E-state index in [9.17, 15) is 37.9 Å². The summed E-state index contributed by atoms with van der Waals surface area (Å²) in [6.07, 6.45) is -7.32. The molecule has 0 bridgehead atoms. The molecular formula is C23H30F2N3O10P. The largest absolute Gasteiger partial charge is 0.462 e. The lowest BCUT2D eigenvalue weighted by molar-refractivity contribution is -0.149. The van der Waals surface area contributed by atoms with Gasteiger partial charge in [-0.1, -0.05) is 18.2 Å². The minimum Gasteiger partial charge on any atom is -0.462 e. The quantitative estimate of drug-likeness (QED) is 0.222. The molecule has 16 heteroatoms. The Labute approximate surface area is 221 Å². The van der Waals surface area contributed by atoms with Crippen molar-refractivity contribution in [3.63, 3.8) is 0 Å². The fraction of sp³-hybridized carbons (Fsp3) is 0.522. The summed E-state index contributed by atoms with van der Waals surface area (Å²) in [6.45, 7) is 4.15. The third-order valence-corrected chi connectivity index (χ3v) is 7.49. The highest BCUT2D eigenvalue weighted by Gasteiger charge is 2.59. The normalized spacial score (nSPS) is 26.1. The van der Waals surface area contributed by atoms with Crippen LogP contribution in [0.25, 0.3) is 0 Å². The van der Waals surface area contributed by atoms with E-state index in [0.29, 0.717) is 10.8 Å². The minimum absolute atomic E-state index is 0.0752. The van der Waals surface area contributed by atoms with Crippen molar-refractivity contribution < 1.29 is 46.9 Å². The summed E-state index contributed by atoms with van der Waals surface area (Å²) < 4.78 is 63.9. The Balaban J connectivity index is 1.91. The molecule has 1 aromatic carbocycles. The first-order valence-corrected chi connectivity index (χ1v) is 13.4. The van der Waals surface area contributed by atoms with Crippen LogP contribution in [0.1, 0.15) is 33.9 Å². The number of alkyl halides is 1. The number of benzene rings is 1. The second-order valence-corrected chi connectivity index (χ2v) is 10.9. The summed E-state index contributed by atoms with van der Waals surface area (Å²) in [5, 5.41) is 24.1. The monoisotopic (exact) mass is 577 g/mol. The van der Waals surface area contributed by atoms with Crippen molar-refractivity contribution in [2.45, 2.75) is 70.0 Å². The molecule has 0 radical (unpaired) electrons. The number of carbonyl (C=O) groups excluding carboxylic acids is 1. The van der Waals surface area contributed by atoms with Gasteiger partial charge in [-0.25, -0.2) is 13.8 Å². The Morgan fingerprint density at radius 2 is 1.90 bits per heavy atom. The maximum Gasteiger partial charge on any atom is 0.459 e. The van der Waals surface area contributed by atoms with Crippen LogP contribution in [0.4, 0.5) is 8.78 Å². The number of nitrogens with zero attached hydrogens (tertiary/aromatic N) is 1. The molecule has 0 saturated carbocycles. The van der Waals surface area contributed by atoms with Crippen LogP contribution in [0.5, 0.6) is 5.75 Å². The van der Waals surface area contributed by atoms with Gasteiger partial charge in [0.15, 0.2) is 11.8 Å². The SMILES string of the molecule is CC(C)OC(=O)[C@H](C)NP(=O)(Oc1ccccc1)O[C@H](C)[C@H]1O[C@@H](n2cc(F)c(=O)[nH]c2=O)[C@@](O)(CF)C1O. The molecule has 0 amide bonds. The highest BCUT2D eigenvalue weighted by molar-refractivity contribution is 7.52. The van der Waals surface area contributed by atoms with Gasteiger partial charge in [-0.15, -0.1) is 0 Å². The number of aromatic nitrogens is 2. The van der Waals surface area contributed by atoms with Gasteiger partial charge >= 0.3 is 19.4 Å². The lowest BCUT2D eigenvalue weighted by Gasteiger charge is -2.30. The van der Waals surface area contributed by atoms with Crippen LogP contribution in [-0.4, -0.2) is 68.5 Å². The number of carbonyl (C=O) groups is 1. The molecule has 216 valence electrons. The predicted molar refractivity (Wildman–Crippen MR) is 131 cm³/mol. The summed E-state index contributed by atoms with van der Waals surface area (Å²) in [5.41, 5.74) is -5.41. The van der Waals surface area contributed by atoms with Crippen molar-refractivity contribution in [1.29, 1.82) is 0 Å². The number of aromatic amines is 1. The Bertz CT molecular complexity index is 1320. The summed E-state index contributed by atoms with van der Waals surface area (Å²) in [5.74, 6) is -2.14. The van der Waals surface area contributed by atoms with E-state index in [4.69, 9.17) is 18.5 Å². The van der Waals surface area contributed by atoms with Gasteiger partial charge in [-0.2, -0.15) is 9.48 Å². The van der Waals surface area contributed by atoms with Gasteiger partial charge < -0.3 is 24.2 Å². The van der Waals surface area contributed by atoms with E-state index in [1.807, 2.05) is 0 Å². The topological polar surface area (TPSA) is 178 Å². The van der Waals surface area contributed by atoms with Crippen LogP contribution in [0, 0.1) is 5.82 Å². The first-order valence-electron chi connectivity index (χ1n) is 11.8. The number of hydrogen-bond donors (Lipinski definition) is 4. The van der Waals surface area contributed by atoms with Crippen LogP contribution in [0.15, 0.2) is 46.1 Å². The molecule has 2 aromatic rings. The van der Waals surface area contributed by atoms with E-state index >= 15 is 0 Å². The smallest absolute Gasteiger partial charge is 0.459 e. The number of nitrogens with one attached hydrogen (secondary N) is 2. The van der Waals surface area contributed by atoms with Gasteiger partial charge in [0, 0.05) is 0 Å². The molecule has 0 aliphatic carbocycles. The fourth-order valence-corrected chi connectivity index (χ4v) is 5.52. The van der Waals surface area contributed by atoms with Gasteiger partial charge in [-0.05, 0) is 39.8 Å². The first-order chi connectivity index (χ1) is 18.2. The summed E-state index contributed by atoms with van der Waals surface area (Å²) >= 11 is 0. The molecule has 39 heavy (non-hydrogen) atoms. The predicted octanol–water partition coefficient (Wildman–Crippen LogP) is 1.16. The van der Waals surface area contributed by atoms with Crippen molar-refractivity contribution in [3.8, 4) is 5.75 Å². The average Bonchev–Trinajstić information content (AvgIpc) is 3.12. The molecule has 1 fully saturated rings. The number of para-hydroxylation sites is 1. The highest BCUT2D eigenvalue weighted by Crippen LogP contribution is 2.49. The second-order valence-electron chi connectivity index (χ2n) is 9.22. The van der Waals surface area contributed by atoms with Crippen molar-refractivity contribution >= 4 is 13.7 Å². The molecule has 7 atom stereocenters. The van der Waals surface area contributed by atoms with Gasteiger partial charge in [0.25, 0.3) is 5.56 Å². The van der Waals surface area contributed by atoms with Crippen molar-refractivity contribution in [2.24, 2.45) is 0 Å². The van der Waals surface area contributed by atoms with Crippen molar-refractivity contribution in [1.82, 2.24) is 14.6 Å². The lowest BCUT2D eigenvalue weighted by Crippen LogP contribution is -2.52. The standard InChI is InChI=1S/C23H30F2N3O10P/c1-12(2)35-20(31)13(3)27-39(34,38-15-8-6-5-7-9-15)37-14(4)17-18(29)23(33,11-24)21(36-17)28-10-16(25)19(30)26-22(28)32/h5-10,12-14,17-18,21,29,33H,11H2,1-4H3,(H,27,34)(H,26,30,32)/t13-,14+,17+,18?,21+,23+,39?/m0/s1. The van der Waals surface area contributed by atoms with Crippen molar-refractivity contribution in [3.05, 3.63) is 63.2 Å². The number of aliphatic hydroxyl groups excluding tert-OH is 1. The van der Waals surface area contributed by atoms with E-state index in [0.717, 1.165) is 0 Å². The van der Waals surface area contributed by atoms with Crippen LogP contribution in [0.2, 0.25) is 0 Å². The van der Waals surface area contributed by atoms with E-state index in [1.54, 1.807) is 37.0 Å². The maximum absolute atomic E-state index is 14.1. The van der Waals surface area contributed by atoms with Gasteiger partial charge in [0.05, 0.1) is 18.4 Å². The van der Waals surface area contributed by atoms with Crippen LogP contribution in [-0.2, 0) is 23.4 Å². The molecule has 2 heterocycles. The highest BCUT2D eigenvalue weighted by atomic mass is 31.2. The van der Waals surface area contributed by atoms with E-state index in [1.165, 1.54) is 26.0 Å². The van der Waals surface area contributed by atoms with Crippen LogP contribution >= 0.6 is 7.75 Å². The van der Waals surface area contributed by atoms with E-state index in [2.05, 4.69) is 5.09 Å². The zero-order valence-electron chi connectivity index (χ0n) is 21.4. The third kappa shape index (κ3) is 6.80. The minimum atomic E-state index is -4.49. The van der Waals surface area contributed by atoms with Gasteiger partial charge in [-0.3, -0.25) is 23.7 Å². The Morgan fingerprint density at radius 3 is 2.49 bits per heavy atom. The molecule has 4 N–H and O–H groups in total. The number of H-pyrrole nitrogens is 1. The van der Waals surface area contributed by atoms with Gasteiger partial charge in [0.1, 0.15) is 30.7 Å². The zero-order chi connectivity index (χ0) is 29.1. The summed E-state index contributed by atoms with van der Waals surface area (Å²) in [6, 6.07) is 6.53. The summed E-state index contributed by atoms with van der Waals surface area (Å²) in [7, 11) is -4.49. The third-order valence-electron chi connectivity index (χ3n) is 5.72. The maximum atomic E-state index is 14.1. The van der Waals surface area contributed by atoms with Crippen LogP contribution < -0.4 is 20.9 Å². The second kappa shape index (κ2) is 12.1. The van der Waals surface area contributed by atoms with E-state index in [-0.39, 0.29) is 5.75 Å². The fourth-order valence-electron chi connectivity index (χ4n) is 3.83. The Kier molecular flexibility index (Phi) is 9.47. The average molecular weight is 577 g/mol. The number of aliphatic hydroxyl groups is 2. The molecule has 1 saturated heterocycles. The number of ether oxygens (including phenoxy) is 2. The molecule has 1 aliphatic heterocycles. The number of halogens is 2. The first kappa shape index (κ1) is 30.6. The summed E-state index contributed by atoms with van der Waals surface area (Å²) in [4.78, 5) is 37.6. The van der Waals surface area contributed by atoms with E-state index < -0.39 is 79.7 Å². The Morgan fingerprint density at radius 1 is 1.26 bits per heavy atom.